The molecule has 0 bridgehead atoms. The fraction of sp³-hybridized carbons (Fsp3) is 0.250. The zero-order valence-corrected chi connectivity index (χ0v) is 10.4. The van der Waals surface area contributed by atoms with E-state index < -0.39 is 15.8 Å². The van der Waals surface area contributed by atoms with Crippen LogP contribution in [-0.4, -0.2) is 27.8 Å². The van der Waals surface area contributed by atoms with Crippen LogP contribution in [0.1, 0.15) is 11.1 Å². The van der Waals surface area contributed by atoms with E-state index in [2.05, 4.69) is 16.6 Å². The van der Waals surface area contributed by atoms with Crippen molar-refractivity contribution >= 4 is 15.8 Å². The van der Waals surface area contributed by atoms with E-state index in [-0.39, 0.29) is 5.75 Å². The van der Waals surface area contributed by atoms with Crippen LogP contribution in [0.2, 0.25) is 0 Å². The Kier molecular flexibility index (Phi) is 4.30. The standard InChI is InChI=1S/C12H12O4S/c1-16-12(13)8-7-10-5-3-4-6-11(10)9-17(2,14)15/h3-6H,9H2,1-2H3. The fourth-order valence-corrected chi connectivity index (χ4v) is 2.04. The van der Waals surface area contributed by atoms with Crippen molar-refractivity contribution < 1.29 is 17.9 Å². The smallest absolute Gasteiger partial charge is 0.384 e. The Labute approximate surface area is 101 Å². The quantitative estimate of drug-likeness (QED) is 0.576. The molecule has 0 saturated heterocycles. The van der Waals surface area contributed by atoms with Crippen LogP contribution in [0, 0.1) is 11.8 Å². The summed E-state index contributed by atoms with van der Waals surface area (Å²) in [5.41, 5.74) is 1.09. The van der Waals surface area contributed by atoms with Crippen molar-refractivity contribution in [2.45, 2.75) is 5.75 Å². The molecule has 0 aliphatic heterocycles. The molecule has 0 heterocycles. The van der Waals surface area contributed by atoms with Gasteiger partial charge in [0.1, 0.15) is 0 Å². The van der Waals surface area contributed by atoms with Gasteiger partial charge in [0, 0.05) is 17.7 Å². The Morgan fingerprint density at radius 2 is 2.00 bits per heavy atom. The molecule has 0 aromatic heterocycles. The van der Waals surface area contributed by atoms with Gasteiger partial charge in [-0.15, -0.1) is 0 Å². The Morgan fingerprint density at radius 1 is 1.35 bits per heavy atom. The number of esters is 1. The lowest BCUT2D eigenvalue weighted by atomic mass is 10.1. The van der Waals surface area contributed by atoms with E-state index >= 15 is 0 Å². The number of hydrogen-bond acceptors (Lipinski definition) is 4. The highest BCUT2D eigenvalue weighted by Gasteiger charge is 2.07. The van der Waals surface area contributed by atoms with Gasteiger partial charge in [0.15, 0.2) is 9.84 Å². The van der Waals surface area contributed by atoms with Gasteiger partial charge in [-0.1, -0.05) is 24.1 Å². The highest BCUT2D eigenvalue weighted by atomic mass is 32.2. The summed E-state index contributed by atoms with van der Waals surface area (Å²) in [6.45, 7) is 0. The third-order valence-electron chi connectivity index (χ3n) is 1.92. The van der Waals surface area contributed by atoms with Gasteiger partial charge >= 0.3 is 5.97 Å². The molecule has 0 saturated carbocycles. The number of benzene rings is 1. The minimum atomic E-state index is -3.13. The molecular formula is C12H12O4S. The summed E-state index contributed by atoms with van der Waals surface area (Å²) < 4.78 is 26.8. The first-order valence-corrected chi connectivity index (χ1v) is 6.84. The van der Waals surface area contributed by atoms with Crippen molar-refractivity contribution in [3.8, 4) is 11.8 Å². The fourth-order valence-electron chi connectivity index (χ4n) is 1.22. The minimum Gasteiger partial charge on any atom is -0.459 e. The molecule has 90 valence electrons. The van der Waals surface area contributed by atoms with Crippen molar-refractivity contribution in [1.82, 2.24) is 0 Å². The predicted octanol–water partition coefficient (Wildman–Crippen LogP) is 0.756. The Hall–Kier alpha value is -1.80. The number of carbonyl (C=O) groups excluding carboxylic acids is 1. The summed E-state index contributed by atoms with van der Waals surface area (Å²) in [7, 11) is -1.89. The number of rotatable bonds is 2. The maximum atomic E-state index is 11.2. The molecule has 0 spiro atoms. The van der Waals surface area contributed by atoms with Crippen LogP contribution < -0.4 is 0 Å². The topological polar surface area (TPSA) is 60.4 Å². The van der Waals surface area contributed by atoms with E-state index in [1.807, 2.05) is 0 Å². The number of ether oxygens (including phenoxy) is 1. The van der Waals surface area contributed by atoms with Crippen molar-refractivity contribution in [2.24, 2.45) is 0 Å². The number of hydrogen-bond donors (Lipinski definition) is 0. The van der Waals surface area contributed by atoms with E-state index in [0.717, 1.165) is 6.26 Å². The third-order valence-corrected chi connectivity index (χ3v) is 2.76. The molecule has 17 heavy (non-hydrogen) atoms. The second kappa shape index (κ2) is 5.51. The maximum Gasteiger partial charge on any atom is 0.384 e. The van der Waals surface area contributed by atoms with E-state index in [0.29, 0.717) is 11.1 Å². The van der Waals surface area contributed by atoms with Gasteiger partial charge in [-0.25, -0.2) is 13.2 Å². The van der Waals surface area contributed by atoms with E-state index in [1.54, 1.807) is 24.3 Å². The summed E-state index contributed by atoms with van der Waals surface area (Å²) in [4.78, 5) is 10.9. The van der Waals surface area contributed by atoms with Gasteiger partial charge in [0.2, 0.25) is 0 Å². The molecule has 0 unspecified atom stereocenters. The van der Waals surface area contributed by atoms with Gasteiger partial charge in [-0.2, -0.15) is 0 Å². The van der Waals surface area contributed by atoms with E-state index in [1.165, 1.54) is 7.11 Å². The molecule has 0 atom stereocenters. The van der Waals surface area contributed by atoms with Crippen LogP contribution in [0.5, 0.6) is 0 Å². The van der Waals surface area contributed by atoms with E-state index in [9.17, 15) is 13.2 Å². The van der Waals surface area contributed by atoms with Gasteiger partial charge in [-0.05, 0) is 11.6 Å². The summed E-state index contributed by atoms with van der Waals surface area (Å²) >= 11 is 0. The predicted molar refractivity (Wildman–Crippen MR) is 63.9 cm³/mol. The van der Waals surface area contributed by atoms with Crippen LogP contribution in [0.3, 0.4) is 0 Å². The Bertz CT molecular complexity index is 576. The Balaban J connectivity index is 3.07. The average molecular weight is 252 g/mol. The van der Waals surface area contributed by atoms with Crippen LogP contribution in [0.15, 0.2) is 24.3 Å². The highest BCUT2D eigenvalue weighted by molar-refractivity contribution is 7.89. The van der Waals surface area contributed by atoms with Crippen LogP contribution in [0.25, 0.3) is 0 Å². The summed E-state index contributed by atoms with van der Waals surface area (Å²) in [5, 5.41) is 0. The first kappa shape index (κ1) is 13.3. The van der Waals surface area contributed by atoms with E-state index in [4.69, 9.17) is 0 Å². The van der Waals surface area contributed by atoms with Crippen LogP contribution in [0.4, 0.5) is 0 Å². The Morgan fingerprint density at radius 3 is 2.59 bits per heavy atom. The zero-order chi connectivity index (χ0) is 12.9. The second-order valence-electron chi connectivity index (χ2n) is 3.47. The first-order chi connectivity index (χ1) is 7.92. The number of methoxy groups -OCH3 is 1. The molecule has 1 aromatic carbocycles. The summed E-state index contributed by atoms with van der Waals surface area (Å²) in [5.74, 6) is 4.11. The highest BCUT2D eigenvalue weighted by Crippen LogP contribution is 2.10. The lowest BCUT2D eigenvalue weighted by Gasteiger charge is -2.02. The molecule has 0 fully saturated rings. The van der Waals surface area contributed by atoms with Gasteiger partial charge < -0.3 is 4.74 Å². The molecule has 0 aliphatic carbocycles. The van der Waals surface area contributed by atoms with Crippen molar-refractivity contribution in [2.75, 3.05) is 13.4 Å². The molecule has 1 aromatic rings. The average Bonchev–Trinajstić information content (AvgIpc) is 2.25. The monoisotopic (exact) mass is 252 g/mol. The molecule has 4 nitrogen and oxygen atoms in total. The molecule has 0 N–H and O–H groups in total. The molecule has 5 heteroatoms. The lowest BCUT2D eigenvalue weighted by Crippen LogP contribution is -2.03. The van der Waals surface area contributed by atoms with Gasteiger partial charge in [0.05, 0.1) is 12.9 Å². The number of sulfone groups is 1. The molecule has 0 aliphatic rings. The normalized spacial score (nSPS) is 10.2. The van der Waals surface area contributed by atoms with Gasteiger partial charge in [-0.3, -0.25) is 0 Å². The SMILES string of the molecule is COC(=O)C#Cc1ccccc1CS(C)(=O)=O. The largest absolute Gasteiger partial charge is 0.459 e. The third kappa shape index (κ3) is 4.70. The molecule has 1 rings (SSSR count). The zero-order valence-electron chi connectivity index (χ0n) is 9.56. The number of carbonyl (C=O) groups is 1. The molecule has 0 radical (unpaired) electrons. The second-order valence-corrected chi connectivity index (χ2v) is 5.61. The minimum absolute atomic E-state index is 0.0982. The van der Waals surface area contributed by atoms with Crippen molar-refractivity contribution in [3.05, 3.63) is 35.4 Å². The van der Waals surface area contributed by atoms with Crippen LogP contribution >= 0.6 is 0 Å². The van der Waals surface area contributed by atoms with Crippen LogP contribution in [-0.2, 0) is 25.1 Å². The van der Waals surface area contributed by atoms with Crippen molar-refractivity contribution in [1.29, 1.82) is 0 Å². The lowest BCUT2D eigenvalue weighted by molar-refractivity contribution is -0.133. The molecule has 0 amide bonds. The summed E-state index contributed by atoms with van der Waals surface area (Å²) in [6, 6.07) is 6.79. The molecular weight excluding hydrogens is 240 g/mol. The maximum absolute atomic E-state index is 11.2. The van der Waals surface area contributed by atoms with Crippen molar-refractivity contribution in [3.63, 3.8) is 0 Å². The first-order valence-electron chi connectivity index (χ1n) is 4.78. The van der Waals surface area contributed by atoms with Gasteiger partial charge in [0.25, 0.3) is 0 Å². The summed E-state index contributed by atoms with van der Waals surface area (Å²) in [6.07, 6.45) is 1.15.